The number of aromatic nitrogens is 2. The third kappa shape index (κ3) is 2.74. The second-order valence-corrected chi connectivity index (χ2v) is 2.79. The zero-order valence-corrected chi connectivity index (χ0v) is 8.32. The summed E-state index contributed by atoms with van der Waals surface area (Å²) in [5.41, 5.74) is -1.75. The number of hydrogen-bond acceptors (Lipinski definition) is 4. The first-order valence-electron chi connectivity index (χ1n) is 4.13. The van der Waals surface area contributed by atoms with Crippen LogP contribution in [0, 0.1) is 5.82 Å². The molecule has 0 fully saturated rings. The highest BCUT2D eigenvalue weighted by Gasteiger charge is 2.09. The maximum absolute atomic E-state index is 12.8. The van der Waals surface area contributed by atoms with Gasteiger partial charge in [-0.2, -0.15) is 4.39 Å². The molecule has 0 bridgehead atoms. The van der Waals surface area contributed by atoms with Crippen molar-refractivity contribution in [3.63, 3.8) is 0 Å². The van der Waals surface area contributed by atoms with Gasteiger partial charge in [0.2, 0.25) is 5.82 Å². The third-order valence-corrected chi connectivity index (χ3v) is 1.84. The second-order valence-electron chi connectivity index (χ2n) is 2.79. The molecule has 0 saturated heterocycles. The van der Waals surface area contributed by atoms with Gasteiger partial charge in [0.15, 0.2) is 6.29 Å². The van der Waals surface area contributed by atoms with Crippen LogP contribution in [0.25, 0.3) is 0 Å². The number of nitrogens with one attached hydrogen (secondary N) is 1. The van der Waals surface area contributed by atoms with Gasteiger partial charge in [0.1, 0.15) is 0 Å². The number of rotatable bonds is 4. The molecule has 1 N–H and O–H groups in total. The Kier molecular flexibility index (Phi) is 3.75. The lowest BCUT2D eigenvalue weighted by Gasteiger charge is -2.14. The van der Waals surface area contributed by atoms with Crippen LogP contribution >= 0.6 is 0 Å². The molecule has 1 rings (SSSR count). The fraction of sp³-hybridized carbons (Fsp3) is 0.500. The Morgan fingerprint density at radius 1 is 1.47 bits per heavy atom. The molecule has 0 atom stereocenters. The fourth-order valence-corrected chi connectivity index (χ4v) is 1.02. The fourth-order valence-electron chi connectivity index (χ4n) is 1.02. The minimum atomic E-state index is -1.04. The summed E-state index contributed by atoms with van der Waals surface area (Å²) in [7, 11) is 2.78. The summed E-state index contributed by atoms with van der Waals surface area (Å²) < 4.78 is 23.5. The van der Waals surface area contributed by atoms with E-state index in [1.165, 1.54) is 14.2 Å². The number of aromatic amines is 1. The molecule has 1 heterocycles. The van der Waals surface area contributed by atoms with Crippen molar-refractivity contribution < 1.29 is 13.9 Å². The van der Waals surface area contributed by atoms with Crippen molar-refractivity contribution in [2.75, 3.05) is 14.2 Å². The van der Waals surface area contributed by atoms with E-state index in [1.54, 1.807) is 0 Å². The SMILES string of the molecule is COC(Cn1cc(F)c(=O)[nH]c1=O)OC. The summed E-state index contributed by atoms with van der Waals surface area (Å²) in [5, 5.41) is 0. The van der Waals surface area contributed by atoms with Gasteiger partial charge < -0.3 is 9.47 Å². The maximum atomic E-state index is 12.8. The van der Waals surface area contributed by atoms with Gasteiger partial charge in [-0.05, 0) is 0 Å². The highest BCUT2D eigenvalue weighted by molar-refractivity contribution is 4.87. The van der Waals surface area contributed by atoms with Crippen molar-refractivity contribution in [3.05, 3.63) is 32.9 Å². The predicted octanol–water partition coefficient (Wildman–Crippen LogP) is -0.705. The minimum Gasteiger partial charge on any atom is -0.354 e. The van der Waals surface area contributed by atoms with Crippen LogP contribution in [0.4, 0.5) is 4.39 Å². The molecular formula is C8H11FN2O4. The molecule has 0 aliphatic heterocycles. The number of ether oxygens (including phenoxy) is 2. The normalized spacial score (nSPS) is 10.9. The van der Waals surface area contributed by atoms with Gasteiger partial charge in [0.25, 0.3) is 5.56 Å². The summed E-state index contributed by atoms with van der Waals surface area (Å²) in [6, 6.07) is 0. The molecule has 7 heteroatoms. The van der Waals surface area contributed by atoms with E-state index < -0.39 is 23.4 Å². The predicted molar refractivity (Wildman–Crippen MR) is 49.1 cm³/mol. The van der Waals surface area contributed by atoms with Crippen molar-refractivity contribution in [1.29, 1.82) is 0 Å². The lowest BCUT2D eigenvalue weighted by Crippen LogP contribution is -2.35. The van der Waals surface area contributed by atoms with Crippen molar-refractivity contribution in [2.45, 2.75) is 12.8 Å². The molecule has 84 valence electrons. The van der Waals surface area contributed by atoms with Gasteiger partial charge in [0.05, 0.1) is 12.7 Å². The largest absolute Gasteiger partial charge is 0.354 e. The van der Waals surface area contributed by atoms with Crippen LogP contribution in [0.15, 0.2) is 15.8 Å². The first-order chi connectivity index (χ1) is 7.08. The van der Waals surface area contributed by atoms with E-state index in [2.05, 4.69) is 0 Å². The molecule has 0 amide bonds. The van der Waals surface area contributed by atoms with Gasteiger partial charge >= 0.3 is 5.69 Å². The van der Waals surface area contributed by atoms with Gasteiger partial charge in [0, 0.05) is 14.2 Å². The summed E-state index contributed by atoms with van der Waals surface area (Å²) in [6.45, 7) is -0.000463. The number of nitrogens with zero attached hydrogens (tertiary/aromatic N) is 1. The van der Waals surface area contributed by atoms with E-state index >= 15 is 0 Å². The van der Waals surface area contributed by atoms with Crippen molar-refractivity contribution in [1.82, 2.24) is 9.55 Å². The molecule has 0 aliphatic rings. The Balaban J connectivity index is 3.00. The van der Waals surface area contributed by atoms with E-state index in [0.717, 1.165) is 10.8 Å². The molecule has 6 nitrogen and oxygen atoms in total. The van der Waals surface area contributed by atoms with Gasteiger partial charge in [-0.1, -0.05) is 0 Å². The van der Waals surface area contributed by atoms with Gasteiger partial charge in [-0.25, -0.2) is 4.79 Å². The summed E-state index contributed by atoms with van der Waals surface area (Å²) in [6.07, 6.45) is 0.139. The number of hydrogen-bond donors (Lipinski definition) is 1. The summed E-state index contributed by atoms with van der Waals surface area (Å²) in [5.74, 6) is -1.03. The van der Waals surface area contributed by atoms with Crippen LogP contribution < -0.4 is 11.2 Å². The second kappa shape index (κ2) is 4.85. The van der Waals surface area contributed by atoms with Gasteiger partial charge in [-0.3, -0.25) is 14.3 Å². The maximum Gasteiger partial charge on any atom is 0.328 e. The molecule has 0 unspecified atom stereocenters. The van der Waals surface area contributed by atoms with E-state index in [-0.39, 0.29) is 6.54 Å². The first-order valence-corrected chi connectivity index (χ1v) is 4.13. The molecule has 0 aliphatic carbocycles. The highest BCUT2D eigenvalue weighted by Crippen LogP contribution is 1.94. The van der Waals surface area contributed by atoms with Crippen LogP contribution in [0.2, 0.25) is 0 Å². The monoisotopic (exact) mass is 218 g/mol. The molecule has 15 heavy (non-hydrogen) atoms. The van der Waals surface area contributed by atoms with E-state index in [9.17, 15) is 14.0 Å². The van der Waals surface area contributed by atoms with Crippen LogP contribution in [0.3, 0.4) is 0 Å². The molecule has 0 saturated carbocycles. The van der Waals surface area contributed by atoms with E-state index in [1.807, 2.05) is 4.98 Å². The molecule has 1 aromatic rings. The zero-order valence-electron chi connectivity index (χ0n) is 8.32. The average molecular weight is 218 g/mol. The number of methoxy groups -OCH3 is 2. The van der Waals surface area contributed by atoms with Crippen LogP contribution in [-0.4, -0.2) is 30.1 Å². The molecule has 0 radical (unpaired) electrons. The number of H-pyrrole nitrogens is 1. The molecule has 1 aromatic heterocycles. The van der Waals surface area contributed by atoms with Crippen molar-refractivity contribution in [2.24, 2.45) is 0 Å². The van der Waals surface area contributed by atoms with Crippen LogP contribution in [0.1, 0.15) is 0 Å². The standard InChI is InChI=1S/C8H11FN2O4/c1-14-6(15-2)4-11-3-5(9)7(12)10-8(11)13/h3,6H,4H2,1-2H3,(H,10,12,13). The topological polar surface area (TPSA) is 73.3 Å². The Hall–Kier alpha value is -1.47. The zero-order chi connectivity index (χ0) is 11.4. The molecule has 0 aromatic carbocycles. The lowest BCUT2D eigenvalue weighted by atomic mass is 10.5. The minimum absolute atomic E-state index is 0.000463. The Morgan fingerprint density at radius 3 is 2.60 bits per heavy atom. The van der Waals surface area contributed by atoms with Crippen molar-refractivity contribution in [3.8, 4) is 0 Å². The average Bonchev–Trinajstić information content (AvgIpc) is 2.21. The van der Waals surface area contributed by atoms with Crippen LogP contribution in [-0.2, 0) is 16.0 Å². The first kappa shape index (κ1) is 11.6. The Bertz CT molecular complexity index is 435. The molecule has 0 spiro atoms. The van der Waals surface area contributed by atoms with Crippen LogP contribution in [0.5, 0.6) is 0 Å². The highest BCUT2D eigenvalue weighted by atomic mass is 19.1. The van der Waals surface area contributed by atoms with E-state index in [4.69, 9.17) is 9.47 Å². The summed E-state index contributed by atoms with van der Waals surface area (Å²) in [4.78, 5) is 23.7. The van der Waals surface area contributed by atoms with Gasteiger partial charge in [-0.15, -0.1) is 0 Å². The quantitative estimate of drug-likeness (QED) is 0.678. The van der Waals surface area contributed by atoms with E-state index in [0.29, 0.717) is 0 Å². The summed E-state index contributed by atoms with van der Waals surface area (Å²) >= 11 is 0. The van der Waals surface area contributed by atoms with Crippen molar-refractivity contribution >= 4 is 0 Å². The molecular weight excluding hydrogens is 207 g/mol. The number of halogens is 1. The Morgan fingerprint density at radius 2 is 2.07 bits per heavy atom. The third-order valence-electron chi connectivity index (χ3n) is 1.84. The lowest BCUT2D eigenvalue weighted by molar-refractivity contribution is -0.111. The Labute approximate surface area is 84.3 Å². The smallest absolute Gasteiger partial charge is 0.328 e.